The fourth-order valence-electron chi connectivity index (χ4n) is 1.96. The summed E-state index contributed by atoms with van der Waals surface area (Å²) in [6, 6.07) is 5.61. The molecule has 0 amide bonds. The molecule has 0 radical (unpaired) electrons. The van der Waals surface area contributed by atoms with Crippen LogP contribution in [0.4, 0.5) is 10.3 Å². The molecule has 0 aliphatic rings. The number of hydrogen-bond acceptors (Lipinski definition) is 5. The SMILES string of the molecule is Cc1cc(Oc2nc(NN)ncc2F)ccc1C(C)C. The highest BCUT2D eigenvalue weighted by Gasteiger charge is 2.10. The number of nitrogens with zero attached hydrogens (tertiary/aromatic N) is 2. The second kappa shape index (κ2) is 5.83. The summed E-state index contributed by atoms with van der Waals surface area (Å²) in [6.45, 7) is 6.23. The molecule has 1 heterocycles. The van der Waals surface area contributed by atoms with Gasteiger partial charge in [-0.3, -0.25) is 5.43 Å². The minimum Gasteiger partial charge on any atom is -0.436 e. The van der Waals surface area contributed by atoms with Crippen molar-refractivity contribution >= 4 is 5.95 Å². The third kappa shape index (κ3) is 3.03. The molecule has 6 heteroatoms. The van der Waals surface area contributed by atoms with Gasteiger partial charge < -0.3 is 4.74 Å². The molecule has 1 aromatic carbocycles. The number of hydrogen-bond donors (Lipinski definition) is 2. The van der Waals surface area contributed by atoms with Crippen LogP contribution in [0.3, 0.4) is 0 Å². The highest BCUT2D eigenvalue weighted by molar-refractivity contribution is 5.38. The Bertz CT molecular complexity index is 616. The maximum atomic E-state index is 13.6. The van der Waals surface area contributed by atoms with E-state index < -0.39 is 5.82 Å². The van der Waals surface area contributed by atoms with E-state index >= 15 is 0 Å². The Labute approximate surface area is 117 Å². The van der Waals surface area contributed by atoms with Crippen molar-refractivity contribution in [2.45, 2.75) is 26.7 Å². The normalized spacial score (nSPS) is 10.7. The Morgan fingerprint density at radius 1 is 1.35 bits per heavy atom. The van der Waals surface area contributed by atoms with Crippen molar-refractivity contribution < 1.29 is 9.13 Å². The molecular weight excluding hydrogens is 259 g/mol. The molecule has 0 bridgehead atoms. The largest absolute Gasteiger partial charge is 0.436 e. The fourth-order valence-corrected chi connectivity index (χ4v) is 1.96. The third-order valence-electron chi connectivity index (χ3n) is 2.92. The van der Waals surface area contributed by atoms with E-state index in [1.165, 1.54) is 5.56 Å². The Morgan fingerprint density at radius 3 is 2.70 bits per heavy atom. The van der Waals surface area contributed by atoms with Gasteiger partial charge in [-0.05, 0) is 36.1 Å². The summed E-state index contributed by atoms with van der Waals surface area (Å²) in [7, 11) is 0. The zero-order valence-corrected chi connectivity index (χ0v) is 11.6. The number of nitrogens with one attached hydrogen (secondary N) is 1. The number of hydrazine groups is 1. The Kier molecular flexibility index (Phi) is 4.14. The molecule has 1 aromatic heterocycles. The highest BCUT2D eigenvalue weighted by Crippen LogP contribution is 2.27. The van der Waals surface area contributed by atoms with Crippen molar-refractivity contribution in [3.05, 3.63) is 41.3 Å². The van der Waals surface area contributed by atoms with Gasteiger partial charge in [0.15, 0.2) is 0 Å². The van der Waals surface area contributed by atoms with Crippen molar-refractivity contribution in [2.75, 3.05) is 5.43 Å². The van der Waals surface area contributed by atoms with E-state index in [0.29, 0.717) is 11.7 Å². The molecule has 0 spiro atoms. The van der Waals surface area contributed by atoms with E-state index in [0.717, 1.165) is 11.8 Å². The Balaban J connectivity index is 2.28. The lowest BCUT2D eigenvalue weighted by molar-refractivity contribution is 0.420. The lowest BCUT2D eigenvalue weighted by Gasteiger charge is -2.12. The van der Waals surface area contributed by atoms with Gasteiger partial charge >= 0.3 is 0 Å². The Hall–Kier alpha value is -2.21. The number of benzene rings is 1. The smallest absolute Gasteiger partial charge is 0.260 e. The second-order valence-corrected chi connectivity index (χ2v) is 4.77. The summed E-state index contributed by atoms with van der Waals surface area (Å²) < 4.78 is 19.0. The van der Waals surface area contributed by atoms with Gasteiger partial charge in [-0.1, -0.05) is 19.9 Å². The van der Waals surface area contributed by atoms with Crippen molar-refractivity contribution in [2.24, 2.45) is 5.84 Å². The average Bonchev–Trinajstić information content (AvgIpc) is 2.41. The van der Waals surface area contributed by atoms with Crippen LogP contribution >= 0.6 is 0 Å². The van der Waals surface area contributed by atoms with Gasteiger partial charge in [0, 0.05) is 0 Å². The van der Waals surface area contributed by atoms with E-state index in [1.807, 2.05) is 19.1 Å². The fraction of sp³-hybridized carbons (Fsp3) is 0.286. The van der Waals surface area contributed by atoms with Crippen LogP contribution in [0.1, 0.15) is 30.9 Å². The molecule has 0 fully saturated rings. The predicted octanol–water partition coefficient (Wildman–Crippen LogP) is 3.13. The van der Waals surface area contributed by atoms with E-state index in [-0.39, 0.29) is 11.8 Å². The lowest BCUT2D eigenvalue weighted by Crippen LogP contribution is -2.11. The number of halogens is 1. The van der Waals surface area contributed by atoms with Crippen LogP contribution in [-0.4, -0.2) is 9.97 Å². The number of anilines is 1. The molecule has 3 N–H and O–H groups in total. The van der Waals surface area contributed by atoms with Gasteiger partial charge in [0.25, 0.3) is 5.88 Å². The van der Waals surface area contributed by atoms with Crippen molar-refractivity contribution in [1.82, 2.24) is 9.97 Å². The monoisotopic (exact) mass is 276 g/mol. The molecule has 0 saturated heterocycles. The number of nitrogens with two attached hydrogens (primary N) is 1. The van der Waals surface area contributed by atoms with Crippen LogP contribution in [0.2, 0.25) is 0 Å². The summed E-state index contributed by atoms with van der Waals surface area (Å²) >= 11 is 0. The van der Waals surface area contributed by atoms with E-state index in [4.69, 9.17) is 10.6 Å². The predicted molar refractivity (Wildman–Crippen MR) is 75.1 cm³/mol. The molecule has 0 aliphatic carbocycles. The average molecular weight is 276 g/mol. The number of rotatable bonds is 4. The minimum atomic E-state index is -0.644. The quantitative estimate of drug-likeness (QED) is 0.663. The first-order valence-electron chi connectivity index (χ1n) is 6.29. The van der Waals surface area contributed by atoms with Crippen molar-refractivity contribution in [1.29, 1.82) is 0 Å². The van der Waals surface area contributed by atoms with Crippen molar-refractivity contribution in [3.8, 4) is 11.6 Å². The van der Waals surface area contributed by atoms with Crippen LogP contribution in [0.15, 0.2) is 24.4 Å². The van der Waals surface area contributed by atoms with Gasteiger partial charge in [0.2, 0.25) is 11.8 Å². The number of aromatic nitrogens is 2. The molecule has 0 unspecified atom stereocenters. The van der Waals surface area contributed by atoms with Crippen LogP contribution in [0, 0.1) is 12.7 Å². The Morgan fingerprint density at radius 2 is 2.10 bits per heavy atom. The van der Waals surface area contributed by atoms with Crippen molar-refractivity contribution in [3.63, 3.8) is 0 Å². The van der Waals surface area contributed by atoms with Gasteiger partial charge in [0.1, 0.15) is 5.75 Å². The standard InChI is InChI=1S/C14H17FN4O/c1-8(2)11-5-4-10(6-9(11)3)20-13-12(15)7-17-14(18-13)19-16/h4-8H,16H2,1-3H3,(H,17,18,19). The van der Waals surface area contributed by atoms with Gasteiger partial charge in [-0.25, -0.2) is 10.8 Å². The summed E-state index contributed by atoms with van der Waals surface area (Å²) in [4.78, 5) is 7.48. The van der Waals surface area contributed by atoms with Gasteiger partial charge in [-0.15, -0.1) is 0 Å². The minimum absolute atomic E-state index is 0.0944. The zero-order chi connectivity index (χ0) is 14.7. The van der Waals surface area contributed by atoms with Crippen LogP contribution in [0.5, 0.6) is 11.6 Å². The summed E-state index contributed by atoms with van der Waals surface area (Å²) in [5.41, 5.74) is 4.56. The highest BCUT2D eigenvalue weighted by atomic mass is 19.1. The van der Waals surface area contributed by atoms with Crippen LogP contribution < -0.4 is 16.0 Å². The van der Waals surface area contributed by atoms with Gasteiger partial charge in [0.05, 0.1) is 6.20 Å². The molecule has 0 aliphatic heterocycles. The second-order valence-electron chi connectivity index (χ2n) is 4.77. The first kappa shape index (κ1) is 14.2. The van der Waals surface area contributed by atoms with Crippen LogP contribution in [-0.2, 0) is 0 Å². The van der Waals surface area contributed by atoms with E-state index in [1.54, 1.807) is 6.07 Å². The summed E-state index contributed by atoms with van der Waals surface area (Å²) in [6.07, 6.45) is 1.01. The van der Waals surface area contributed by atoms with E-state index in [2.05, 4.69) is 29.2 Å². The maximum absolute atomic E-state index is 13.6. The molecule has 106 valence electrons. The summed E-state index contributed by atoms with van der Waals surface area (Å²) in [5.74, 6) is 5.42. The molecule has 2 aromatic rings. The molecular formula is C14H17FN4O. The topological polar surface area (TPSA) is 73.1 Å². The molecule has 5 nitrogen and oxygen atoms in total. The van der Waals surface area contributed by atoms with Crippen LogP contribution in [0.25, 0.3) is 0 Å². The third-order valence-corrected chi connectivity index (χ3v) is 2.92. The maximum Gasteiger partial charge on any atom is 0.260 e. The number of ether oxygens (including phenoxy) is 1. The number of aryl methyl sites for hydroxylation is 1. The van der Waals surface area contributed by atoms with Gasteiger partial charge in [-0.2, -0.15) is 9.37 Å². The summed E-state index contributed by atoms with van der Waals surface area (Å²) in [5, 5.41) is 0. The van der Waals surface area contributed by atoms with E-state index in [9.17, 15) is 4.39 Å². The zero-order valence-electron chi connectivity index (χ0n) is 11.6. The molecule has 0 saturated carbocycles. The molecule has 20 heavy (non-hydrogen) atoms. The molecule has 0 atom stereocenters. The first-order valence-corrected chi connectivity index (χ1v) is 6.29. The molecule has 2 rings (SSSR count). The lowest BCUT2D eigenvalue weighted by atomic mass is 9.98. The number of nitrogen functional groups attached to an aromatic ring is 1. The first-order chi connectivity index (χ1) is 9.51.